The molecule has 6 rings (SSSR count). The molecule has 4 heterocycles. The Morgan fingerprint density at radius 2 is 1.90 bits per heavy atom. The second kappa shape index (κ2) is 4.25. The fourth-order valence-electron chi connectivity index (χ4n) is 3.64. The Morgan fingerprint density at radius 1 is 1.14 bits per heavy atom. The van der Waals surface area contributed by atoms with Crippen molar-refractivity contribution in [2.45, 2.75) is 49.2 Å². The van der Waals surface area contributed by atoms with Crippen LogP contribution in [0.5, 0.6) is 0 Å². The fraction of sp³-hybridized carbons (Fsp3) is 0.600. The van der Waals surface area contributed by atoms with E-state index in [2.05, 4.69) is 0 Å². The summed E-state index contributed by atoms with van der Waals surface area (Å²) >= 11 is 0. The highest BCUT2D eigenvalue weighted by atomic mass is 16.9. The van der Waals surface area contributed by atoms with Crippen molar-refractivity contribution in [3.63, 3.8) is 0 Å². The van der Waals surface area contributed by atoms with E-state index in [0.29, 0.717) is 13.2 Å². The second-order valence-corrected chi connectivity index (χ2v) is 6.00. The SMILES string of the molecule is O[C@@H]1[C@H]2O[C@H]3O[C@H]1[C@@]1(CO1)[C@@H](O3)[C@@H]2OCc1ccccc1. The predicted molar refractivity (Wildman–Crippen MR) is 68.1 cm³/mol. The van der Waals surface area contributed by atoms with E-state index >= 15 is 0 Å². The average molecular weight is 292 g/mol. The quantitative estimate of drug-likeness (QED) is 0.802. The second-order valence-electron chi connectivity index (χ2n) is 6.00. The van der Waals surface area contributed by atoms with Crippen LogP contribution in [-0.4, -0.2) is 54.3 Å². The molecule has 1 N–H and O–H groups in total. The van der Waals surface area contributed by atoms with Gasteiger partial charge in [0.25, 0.3) is 6.48 Å². The van der Waals surface area contributed by atoms with Crippen molar-refractivity contribution in [1.82, 2.24) is 0 Å². The lowest BCUT2D eigenvalue weighted by Gasteiger charge is -2.57. The van der Waals surface area contributed by atoms with Gasteiger partial charge in [-0.3, -0.25) is 0 Å². The summed E-state index contributed by atoms with van der Waals surface area (Å²) in [5.74, 6) is 0. The largest absolute Gasteiger partial charge is 0.387 e. The Balaban J connectivity index is 1.39. The molecule has 4 saturated heterocycles. The van der Waals surface area contributed by atoms with Gasteiger partial charge in [0.2, 0.25) is 0 Å². The minimum absolute atomic E-state index is 0.243. The molecule has 0 aromatic heterocycles. The Morgan fingerprint density at radius 3 is 2.67 bits per heavy atom. The zero-order valence-electron chi connectivity index (χ0n) is 11.3. The van der Waals surface area contributed by atoms with Crippen molar-refractivity contribution in [2.24, 2.45) is 0 Å². The van der Waals surface area contributed by atoms with Crippen molar-refractivity contribution in [3.8, 4) is 0 Å². The predicted octanol–water partition coefficient (Wildman–Crippen LogP) is 0.182. The maximum absolute atomic E-state index is 10.4. The van der Waals surface area contributed by atoms with Gasteiger partial charge in [0.15, 0.2) is 0 Å². The van der Waals surface area contributed by atoms with Crippen molar-refractivity contribution in [2.75, 3.05) is 6.61 Å². The Labute approximate surface area is 121 Å². The molecule has 1 aliphatic carbocycles. The molecule has 1 saturated carbocycles. The first-order valence-electron chi connectivity index (χ1n) is 7.22. The van der Waals surface area contributed by atoms with Gasteiger partial charge in [-0.1, -0.05) is 30.3 Å². The summed E-state index contributed by atoms with van der Waals surface area (Å²) in [7, 11) is 0. The average Bonchev–Trinajstić information content (AvgIpc) is 3.30. The molecular weight excluding hydrogens is 276 g/mol. The molecule has 1 aromatic rings. The van der Waals surface area contributed by atoms with Crippen LogP contribution < -0.4 is 0 Å². The van der Waals surface area contributed by atoms with Gasteiger partial charge in [0.05, 0.1) is 13.2 Å². The van der Waals surface area contributed by atoms with E-state index < -0.39 is 24.3 Å². The van der Waals surface area contributed by atoms with E-state index in [-0.39, 0.29) is 18.3 Å². The highest BCUT2D eigenvalue weighted by Crippen LogP contribution is 2.53. The molecule has 7 atom stereocenters. The molecule has 0 radical (unpaired) electrons. The van der Waals surface area contributed by atoms with Crippen molar-refractivity contribution < 1.29 is 28.8 Å². The van der Waals surface area contributed by atoms with E-state index in [9.17, 15) is 5.11 Å². The van der Waals surface area contributed by atoms with E-state index in [1.807, 2.05) is 30.3 Å². The lowest BCUT2D eigenvalue weighted by atomic mass is 9.76. The van der Waals surface area contributed by atoms with E-state index in [0.717, 1.165) is 5.56 Å². The van der Waals surface area contributed by atoms with Crippen LogP contribution in [0.1, 0.15) is 5.56 Å². The number of rotatable bonds is 3. The highest BCUT2D eigenvalue weighted by molar-refractivity contribution is 5.21. The maximum atomic E-state index is 10.4. The van der Waals surface area contributed by atoms with Crippen LogP contribution >= 0.6 is 0 Å². The summed E-state index contributed by atoms with van der Waals surface area (Å²) in [6, 6.07) is 9.90. The first-order chi connectivity index (χ1) is 10.3. The zero-order valence-corrected chi connectivity index (χ0v) is 11.3. The smallest absolute Gasteiger partial charge is 0.273 e. The number of aliphatic hydroxyl groups excluding tert-OH is 1. The van der Waals surface area contributed by atoms with Crippen molar-refractivity contribution in [1.29, 1.82) is 0 Å². The normalized spacial score (nSPS) is 49.8. The van der Waals surface area contributed by atoms with Gasteiger partial charge in [-0.2, -0.15) is 0 Å². The van der Waals surface area contributed by atoms with E-state index in [4.69, 9.17) is 23.7 Å². The molecule has 0 unspecified atom stereocenters. The van der Waals surface area contributed by atoms with Gasteiger partial charge in [0.1, 0.15) is 36.1 Å². The number of hydrogen-bond acceptors (Lipinski definition) is 6. The summed E-state index contributed by atoms with van der Waals surface area (Å²) in [5.41, 5.74) is 0.514. The number of epoxide rings is 1. The van der Waals surface area contributed by atoms with Crippen molar-refractivity contribution in [3.05, 3.63) is 35.9 Å². The lowest BCUT2D eigenvalue weighted by Crippen LogP contribution is -2.77. The summed E-state index contributed by atoms with van der Waals surface area (Å²) in [6.07, 6.45) is -2.14. The van der Waals surface area contributed by atoms with Crippen LogP contribution in [0.2, 0.25) is 0 Å². The first kappa shape index (κ1) is 12.5. The minimum atomic E-state index is -0.746. The number of benzene rings is 1. The third-order valence-electron chi connectivity index (χ3n) is 4.78. The Kier molecular flexibility index (Phi) is 2.54. The van der Waals surface area contributed by atoms with E-state index in [1.165, 1.54) is 0 Å². The molecule has 6 heteroatoms. The molecule has 1 spiro atoms. The van der Waals surface area contributed by atoms with Crippen LogP contribution in [0.15, 0.2) is 30.3 Å². The Hall–Kier alpha value is -1.02. The third-order valence-corrected chi connectivity index (χ3v) is 4.78. The molecule has 6 nitrogen and oxygen atoms in total. The summed E-state index contributed by atoms with van der Waals surface area (Å²) < 4.78 is 28.5. The molecular formula is C15H16O6. The van der Waals surface area contributed by atoms with Gasteiger partial charge in [0, 0.05) is 0 Å². The van der Waals surface area contributed by atoms with Crippen LogP contribution in [0.4, 0.5) is 0 Å². The molecule has 4 bridgehead atoms. The summed E-state index contributed by atoms with van der Waals surface area (Å²) in [4.78, 5) is 0. The topological polar surface area (TPSA) is 69.7 Å². The number of ether oxygens (including phenoxy) is 5. The van der Waals surface area contributed by atoms with Crippen molar-refractivity contribution >= 4 is 0 Å². The van der Waals surface area contributed by atoms with Crippen LogP contribution in [0.25, 0.3) is 0 Å². The van der Waals surface area contributed by atoms with Crippen LogP contribution in [-0.2, 0) is 30.3 Å². The molecule has 4 aliphatic heterocycles. The highest BCUT2D eigenvalue weighted by Gasteiger charge is 2.75. The molecule has 5 fully saturated rings. The van der Waals surface area contributed by atoms with Crippen LogP contribution in [0.3, 0.4) is 0 Å². The molecule has 0 amide bonds. The standard InChI is InChI=1S/C15H16O6/c16-9-10-11(17-6-8-4-2-1-3-5-8)13-15(7-18-15)12(9)20-14(19-10)21-13/h1-5,9-14,16H,6-7H2/t9-,10-,11-,12-,13+,14+,15+/m1/s1. The molecule has 112 valence electrons. The van der Waals surface area contributed by atoms with Crippen LogP contribution in [0, 0.1) is 0 Å². The zero-order chi connectivity index (χ0) is 14.0. The third kappa shape index (κ3) is 1.69. The Bertz CT molecular complexity index is 544. The van der Waals surface area contributed by atoms with E-state index in [1.54, 1.807) is 0 Å². The first-order valence-corrected chi connectivity index (χ1v) is 7.22. The molecule has 1 aromatic carbocycles. The van der Waals surface area contributed by atoms with Gasteiger partial charge in [-0.05, 0) is 5.56 Å². The monoisotopic (exact) mass is 292 g/mol. The minimum Gasteiger partial charge on any atom is -0.387 e. The fourth-order valence-corrected chi connectivity index (χ4v) is 3.64. The summed E-state index contributed by atoms with van der Waals surface area (Å²) in [6.45, 7) is 0.272. The number of aliphatic hydroxyl groups is 1. The number of hydrogen-bond donors (Lipinski definition) is 1. The summed E-state index contributed by atoms with van der Waals surface area (Å²) in [5, 5.41) is 10.4. The molecule has 5 aliphatic rings. The van der Waals surface area contributed by atoms with Gasteiger partial charge < -0.3 is 28.8 Å². The van der Waals surface area contributed by atoms with Gasteiger partial charge in [-0.15, -0.1) is 0 Å². The lowest BCUT2D eigenvalue weighted by molar-refractivity contribution is -0.481. The van der Waals surface area contributed by atoms with Gasteiger partial charge in [-0.25, -0.2) is 0 Å². The molecule has 21 heavy (non-hydrogen) atoms. The maximum Gasteiger partial charge on any atom is 0.273 e. The van der Waals surface area contributed by atoms with Gasteiger partial charge >= 0.3 is 0 Å².